The highest BCUT2D eigenvalue weighted by Gasteiger charge is 2.36. The fourth-order valence-corrected chi connectivity index (χ4v) is 3.43. The van der Waals surface area contributed by atoms with E-state index in [-0.39, 0.29) is 48.9 Å². The predicted octanol–water partition coefficient (Wildman–Crippen LogP) is 5.17. The smallest absolute Gasteiger partial charge is 0.371 e. The molecule has 9 heteroatoms. The maximum atomic E-state index is 13.7. The van der Waals surface area contributed by atoms with Crippen molar-refractivity contribution in [1.29, 1.82) is 0 Å². The third kappa shape index (κ3) is 4.05. The first-order valence-corrected chi connectivity index (χ1v) is 9.35. The van der Waals surface area contributed by atoms with E-state index in [1.165, 1.54) is 12.1 Å². The van der Waals surface area contributed by atoms with E-state index in [9.17, 15) is 22.4 Å². The van der Waals surface area contributed by atoms with Gasteiger partial charge in [-0.1, -0.05) is 17.3 Å². The normalized spacial score (nSPS) is 15.4. The monoisotopic (exact) mass is 419 g/mol. The topological polar surface area (TPSA) is 59.2 Å². The van der Waals surface area contributed by atoms with Crippen molar-refractivity contribution >= 4 is 12.0 Å². The summed E-state index contributed by atoms with van der Waals surface area (Å²) in [5, 5.41) is 3.79. The number of hydrogen-bond donors (Lipinski definition) is 0. The molecule has 5 nitrogen and oxygen atoms in total. The van der Waals surface area contributed by atoms with Gasteiger partial charge in [0.05, 0.1) is 5.56 Å². The number of aromatic nitrogens is 2. The van der Waals surface area contributed by atoms with Crippen molar-refractivity contribution in [2.75, 3.05) is 18.0 Å². The van der Waals surface area contributed by atoms with Gasteiger partial charge in [0.15, 0.2) is 0 Å². The van der Waals surface area contributed by atoms with Crippen LogP contribution in [0.2, 0.25) is 0 Å². The van der Waals surface area contributed by atoms with Gasteiger partial charge in [0.1, 0.15) is 12.5 Å². The summed E-state index contributed by atoms with van der Waals surface area (Å²) in [6.45, 7) is 0.458. The molecule has 0 amide bonds. The molecule has 0 N–H and O–H groups in total. The fourth-order valence-electron chi connectivity index (χ4n) is 3.43. The Hall–Kier alpha value is -3.23. The van der Waals surface area contributed by atoms with Gasteiger partial charge in [0.2, 0.25) is 5.82 Å². The zero-order valence-electron chi connectivity index (χ0n) is 15.7. The van der Waals surface area contributed by atoms with Gasteiger partial charge >= 0.3 is 6.18 Å². The minimum absolute atomic E-state index is 0.0176. The Labute approximate surface area is 169 Å². The molecule has 1 aromatic heterocycles. The molecule has 0 radical (unpaired) electrons. The second kappa shape index (κ2) is 7.89. The van der Waals surface area contributed by atoms with Crippen molar-refractivity contribution in [3.63, 3.8) is 0 Å². The number of carbonyl (C=O) groups is 1. The zero-order chi connectivity index (χ0) is 21.3. The molecular weight excluding hydrogens is 402 g/mol. The molecule has 0 saturated carbocycles. The predicted molar refractivity (Wildman–Crippen MR) is 102 cm³/mol. The summed E-state index contributed by atoms with van der Waals surface area (Å²) in [4.78, 5) is 16.5. The first kappa shape index (κ1) is 20.1. The van der Waals surface area contributed by atoms with Crippen molar-refractivity contribution in [3.05, 3.63) is 53.6 Å². The van der Waals surface area contributed by atoms with E-state index in [2.05, 4.69) is 10.1 Å². The average Bonchev–Trinajstić information content (AvgIpc) is 3.24. The highest BCUT2D eigenvalue weighted by molar-refractivity contribution is 5.76. The van der Waals surface area contributed by atoms with Crippen LogP contribution in [0.1, 0.15) is 28.8 Å². The molecule has 3 aromatic rings. The highest BCUT2D eigenvalue weighted by Crippen LogP contribution is 2.40. The molecule has 2 aromatic carbocycles. The Kier molecular flexibility index (Phi) is 5.27. The number of rotatable bonds is 4. The van der Waals surface area contributed by atoms with Crippen molar-refractivity contribution < 1.29 is 26.9 Å². The quantitative estimate of drug-likeness (QED) is 0.431. The molecule has 1 saturated heterocycles. The Morgan fingerprint density at radius 1 is 1.03 bits per heavy atom. The summed E-state index contributed by atoms with van der Waals surface area (Å²) < 4.78 is 59.7. The molecule has 0 atom stereocenters. The van der Waals surface area contributed by atoms with Crippen LogP contribution in [0.25, 0.3) is 22.8 Å². The minimum atomic E-state index is -4.59. The van der Waals surface area contributed by atoms with E-state index in [0.29, 0.717) is 17.4 Å². The summed E-state index contributed by atoms with van der Waals surface area (Å²) in [7, 11) is 0. The molecule has 1 aliphatic heterocycles. The van der Waals surface area contributed by atoms with Gasteiger partial charge in [-0.3, -0.25) is 4.79 Å². The lowest BCUT2D eigenvalue weighted by Crippen LogP contribution is -2.35. The number of hydrogen-bond acceptors (Lipinski definition) is 5. The van der Waals surface area contributed by atoms with Crippen LogP contribution in [0.4, 0.5) is 23.2 Å². The Morgan fingerprint density at radius 2 is 1.70 bits per heavy atom. The molecular formula is C21H17F4N3O2. The van der Waals surface area contributed by atoms with Crippen molar-refractivity contribution in [1.82, 2.24) is 10.1 Å². The number of benzene rings is 2. The molecule has 30 heavy (non-hydrogen) atoms. The lowest BCUT2D eigenvalue weighted by Gasteiger charge is -2.32. The summed E-state index contributed by atoms with van der Waals surface area (Å²) in [6, 6.07) is 10.2. The van der Waals surface area contributed by atoms with E-state index >= 15 is 0 Å². The van der Waals surface area contributed by atoms with Crippen LogP contribution in [0, 0.1) is 0 Å². The van der Waals surface area contributed by atoms with Gasteiger partial charge in [-0.15, -0.1) is 0 Å². The number of anilines is 1. The number of halogens is 4. The molecule has 0 bridgehead atoms. The first-order chi connectivity index (χ1) is 14.3. The van der Waals surface area contributed by atoms with Crippen molar-refractivity contribution in [2.24, 2.45) is 0 Å². The number of alkyl halides is 4. The highest BCUT2D eigenvalue weighted by atomic mass is 19.4. The third-order valence-electron chi connectivity index (χ3n) is 5.05. The van der Waals surface area contributed by atoms with Crippen LogP contribution >= 0.6 is 0 Å². The Morgan fingerprint density at radius 3 is 2.33 bits per heavy atom. The molecule has 1 aliphatic rings. The van der Waals surface area contributed by atoms with E-state index < -0.39 is 17.9 Å². The van der Waals surface area contributed by atoms with E-state index in [1.54, 1.807) is 29.2 Å². The largest absolute Gasteiger partial charge is 0.418 e. The lowest BCUT2D eigenvalue weighted by molar-refractivity contribution is -0.137. The fraction of sp³-hybridized carbons (Fsp3) is 0.286. The zero-order valence-corrected chi connectivity index (χ0v) is 15.7. The molecule has 1 fully saturated rings. The van der Waals surface area contributed by atoms with Gasteiger partial charge in [-0.05, 0) is 43.2 Å². The van der Waals surface area contributed by atoms with Crippen LogP contribution in [0.5, 0.6) is 0 Å². The number of carbonyl (C=O) groups excluding carboxylic acids is 1. The van der Waals surface area contributed by atoms with E-state index in [4.69, 9.17) is 4.52 Å². The Bertz CT molecular complexity index is 1040. The molecule has 0 spiro atoms. The van der Waals surface area contributed by atoms with Crippen LogP contribution in [0.15, 0.2) is 47.0 Å². The number of nitrogens with zero attached hydrogens (tertiary/aromatic N) is 3. The Balaban J connectivity index is 1.66. The SMILES string of the molecule is O=Cc1ccc(-c2nc(-c3ccc(N4CCC(F)CC4)c(C(F)(F)F)c3)no2)cc1. The molecule has 4 rings (SSSR count). The average molecular weight is 419 g/mol. The van der Waals surface area contributed by atoms with Crippen LogP contribution in [0.3, 0.4) is 0 Å². The van der Waals surface area contributed by atoms with Gasteiger partial charge in [0, 0.05) is 35.5 Å². The summed E-state index contributed by atoms with van der Waals surface area (Å²) in [5.41, 5.74) is 0.373. The van der Waals surface area contributed by atoms with Crippen molar-refractivity contribution in [2.45, 2.75) is 25.2 Å². The first-order valence-electron chi connectivity index (χ1n) is 9.35. The minimum Gasteiger partial charge on any atom is -0.371 e. The molecule has 2 heterocycles. The maximum absolute atomic E-state index is 13.7. The molecule has 156 valence electrons. The van der Waals surface area contributed by atoms with Crippen LogP contribution in [-0.2, 0) is 6.18 Å². The summed E-state index contributed by atoms with van der Waals surface area (Å²) in [5.74, 6) is 0.147. The standard InChI is InChI=1S/C21H17F4N3O2/c22-16-7-9-28(10-8-16)18-6-5-15(11-17(18)21(23,24)25)19-26-20(30-27-19)14-3-1-13(12-29)2-4-14/h1-6,11-12,16H,7-10H2. The van der Waals surface area contributed by atoms with Gasteiger partial charge < -0.3 is 9.42 Å². The van der Waals surface area contributed by atoms with Crippen LogP contribution < -0.4 is 4.90 Å². The lowest BCUT2D eigenvalue weighted by atomic mass is 10.0. The second-order valence-electron chi connectivity index (χ2n) is 7.05. The van der Waals surface area contributed by atoms with E-state index in [1.807, 2.05) is 0 Å². The molecule has 0 aliphatic carbocycles. The maximum Gasteiger partial charge on any atom is 0.418 e. The third-order valence-corrected chi connectivity index (χ3v) is 5.05. The van der Waals surface area contributed by atoms with E-state index in [0.717, 1.165) is 6.07 Å². The number of piperidine rings is 1. The van der Waals surface area contributed by atoms with Gasteiger partial charge in [0.25, 0.3) is 5.89 Å². The van der Waals surface area contributed by atoms with Crippen LogP contribution in [-0.4, -0.2) is 35.7 Å². The van der Waals surface area contributed by atoms with Crippen molar-refractivity contribution in [3.8, 4) is 22.8 Å². The second-order valence-corrected chi connectivity index (χ2v) is 7.05. The summed E-state index contributed by atoms with van der Waals surface area (Å²) >= 11 is 0. The van der Waals surface area contributed by atoms with Gasteiger partial charge in [-0.25, -0.2) is 4.39 Å². The summed E-state index contributed by atoms with van der Waals surface area (Å²) in [6.07, 6.45) is -4.46. The van der Waals surface area contributed by atoms with Gasteiger partial charge in [-0.2, -0.15) is 18.2 Å². The molecule has 0 unspecified atom stereocenters. The number of aldehydes is 1.